The summed E-state index contributed by atoms with van der Waals surface area (Å²) < 4.78 is 25.3. The summed E-state index contributed by atoms with van der Waals surface area (Å²) in [6.45, 7) is 1.58. The Labute approximate surface area is 122 Å². The Bertz CT molecular complexity index is 744. The van der Waals surface area contributed by atoms with Gasteiger partial charge in [0.25, 0.3) is 9.05 Å². The number of hydrogen-bond donors (Lipinski definition) is 0. The van der Waals surface area contributed by atoms with Gasteiger partial charge in [-0.1, -0.05) is 42.5 Å². The van der Waals surface area contributed by atoms with Gasteiger partial charge in [-0.25, -0.2) is 8.42 Å². The van der Waals surface area contributed by atoms with Crippen LogP contribution in [0.3, 0.4) is 0 Å². The van der Waals surface area contributed by atoms with Crippen molar-refractivity contribution in [1.82, 2.24) is 0 Å². The van der Waals surface area contributed by atoms with E-state index >= 15 is 0 Å². The van der Waals surface area contributed by atoms with Crippen LogP contribution in [0.15, 0.2) is 47.9 Å². The molecule has 104 valence electrons. The summed E-state index contributed by atoms with van der Waals surface area (Å²) in [7, 11) is 1.34. The maximum Gasteiger partial charge on any atom is 0.254 e. The first-order chi connectivity index (χ1) is 9.51. The number of rotatable bonds is 1. The molecule has 0 radical (unpaired) electrons. The van der Waals surface area contributed by atoms with Gasteiger partial charge in [-0.15, -0.1) is 0 Å². The summed E-state index contributed by atoms with van der Waals surface area (Å²) in [5, 5.41) is 0.925. The van der Waals surface area contributed by atoms with E-state index in [1.807, 2.05) is 0 Å². The van der Waals surface area contributed by atoms with Crippen molar-refractivity contribution in [2.75, 3.05) is 0 Å². The third-order valence-electron chi connectivity index (χ3n) is 3.36. The summed E-state index contributed by atoms with van der Waals surface area (Å²) in [5.41, 5.74) is 5.62. The molecule has 0 saturated carbocycles. The highest BCUT2D eigenvalue weighted by molar-refractivity contribution is 8.16. The first kappa shape index (κ1) is 13.6. The van der Waals surface area contributed by atoms with Crippen LogP contribution in [0.1, 0.15) is 18.1 Å². The summed E-state index contributed by atoms with van der Waals surface area (Å²) >= 11 is 0. The quantitative estimate of drug-likeness (QED) is 0.590. The molecule has 0 spiro atoms. The zero-order valence-electron chi connectivity index (χ0n) is 10.8. The van der Waals surface area contributed by atoms with E-state index in [4.69, 9.17) is 15.4 Å². The molecular weight excluding hydrogens is 296 g/mol. The van der Waals surface area contributed by atoms with Crippen LogP contribution in [0.25, 0.3) is 11.1 Å². The van der Waals surface area contributed by atoms with E-state index in [1.165, 1.54) is 28.3 Å². The van der Waals surface area contributed by atoms with Gasteiger partial charge >= 0.3 is 0 Å². The minimum atomic E-state index is -3.38. The van der Waals surface area contributed by atoms with Gasteiger partial charge in [-0.05, 0) is 29.2 Å². The molecular formula is C15H13ClO3S. The Balaban J connectivity index is 0.000000151. The van der Waals surface area contributed by atoms with Crippen molar-refractivity contribution in [3.8, 4) is 0 Å². The van der Waals surface area contributed by atoms with Crippen LogP contribution in [0, 0.1) is 0 Å². The van der Waals surface area contributed by atoms with Crippen LogP contribution >= 0.6 is 10.7 Å². The molecule has 4 rings (SSSR count). The second-order valence-corrected chi connectivity index (χ2v) is 7.21. The standard InChI is InChI=1S/C12H8O.C3H5ClO2S/c1-2-4-8-7(3-1)9-5-6-10-12(13-10)11(8)9;1-2-3-7(4,5)6/h1-6,10,12H;2-3H,1H3. The summed E-state index contributed by atoms with van der Waals surface area (Å²) in [4.78, 5) is 0. The van der Waals surface area contributed by atoms with Crippen molar-refractivity contribution in [2.24, 2.45) is 0 Å². The van der Waals surface area contributed by atoms with Gasteiger partial charge in [-0.3, -0.25) is 0 Å². The normalized spacial score (nSPS) is 25.1. The molecule has 3 nitrogen and oxygen atoms in total. The predicted molar refractivity (Wildman–Crippen MR) is 80.6 cm³/mol. The number of allylic oxidation sites excluding steroid dienone is 3. The van der Waals surface area contributed by atoms with E-state index in [-0.39, 0.29) is 0 Å². The molecule has 2 aliphatic carbocycles. The molecule has 0 N–H and O–H groups in total. The van der Waals surface area contributed by atoms with Gasteiger partial charge in [0.2, 0.25) is 0 Å². The van der Waals surface area contributed by atoms with Gasteiger partial charge in [0.05, 0.1) is 0 Å². The Morgan fingerprint density at radius 2 is 1.95 bits per heavy atom. The molecule has 1 heterocycles. The second-order valence-electron chi connectivity index (χ2n) is 4.70. The highest BCUT2D eigenvalue weighted by Crippen LogP contribution is 2.52. The van der Waals surface area contributed by atoms with Gasteiger partial charge in [0.1, 0.15) is 12.2 Å². The molecule has 1 aromatic carbocycles. The van der Waals surface area contributed by atoms with Crippen molar-refractivity contribution >= 4 is 30.9 Å². The van der Waals surface area contributed by atoms with Gasteiger partial charge in [-0.2, -0.15) is 0 Å². The van der Waals surface area contributed by atoms with Gasteiger partial charge in [0, 0.05) is 16.1 Å². The van der Waals surface area contributed by atoms with E-state index in [9.17, 15) is 8.42 Å². The molecule has 1 fully saturated rings. The van der Waals surface area contributed by atoms with Crippen LogP contribution in [0.4, 0.5) is 0 Å². The Hall–Kier alpha value is -1.36. The van der Waals surface area contributed by atoms with Gasteiger partial charge < -0.3 is 4.74 Å². The maximum atomic E-state index is 9.91. The van der Waals surface area contributed by atoms with Crippen molar-refractivity contribution in [3.05, 3.63) is 59.0 Å². The fourth-order valence-electron chi connectivity index (χ4n) is 2.52. The monoisotopic (exact) mass is 308 g/mol. The van der Waals surface area contributed by atoms with Crippen LogP contribution in [0.2, 0.25) is 0 Å². The Morgan fingerprint density at radius 3 is 2.55 bits per heavy atom. The summed E-state index contributed by atoms with van der Waals surface area (Å²) in [6.07, 6.45) is 6.50. The lowest BCUT2D eigenvalue weighted by molar-refractivity contribution is 0.418. The number of fused-ring (bicyclic) bond motifs is 5. The zero-order chi connectivity index (χ0) is 14.3. The first-order valence-corrected chi connectivity index (χ1v) is 8.63. The van der Waals surface area contributed by atoms with E-state index < -0.39 is 9.05 Å². The number of epoxide rings is 1. The molecule has 1 aromatic rings. The molecule has 1 saturated heterocycles. The molecule has 2 atom stereocenters. The van der Waals surface area contributed by atoms with E-state index in [0.29, 0.717) is 12.2 Å². The third-order valence-corrected chi connectivity index (χ3v) is 4.26. The molecule has 0 aromatic heterocycles. The number of benzene rings is 1. The highest BCUT2D eigenvalue weighted by atomic mass is 35.7. The molecule has 0 bridgehead atoms. The van der Waals surface area contributed by atoms with Crippen molar-refractivity contribution in [3.63, 3.8) is 0 Å². The van der Waals surface area contributed by atoms with E-state index in [0.717, 1.165) is 5.41 Å². The Morgan fingerprint density at radius 1 is 1.25 bits per heavy atom. The lowest BCUT2D eigenvalue weighted by Crippen LogP contribution is -2.13. The minimum Gasteiger partial charge on any atom is -0.360 e. The molecule has 2 unspecified atom stereocenters. The minimum absolute atomic E-state index is 0.382. The maximum absolute atomic E-state index is 9.91. The molecule has 20 heavy (non-hydrogen) atoms. The third kappa shape index (κ3) is 2.46. The first-order valence-electron chi connectivity index (χ1n) is 6.26. The second kappa shape index (κ2) is 4.88. The molecule has 1 aliphatic heterocycles. The smallest absolute Gasteiger partial charge is 0.254 e. The van der Waals surface area contributed by atoms with Gasteiger partial charge in [0.15, 0.2) is 0 Å². The Kier molecular flexibility index (Phi) is 3.32. The molecule has 0 amide bonds. The van der Waals surface area contributed by atoms with Crippen LogP contribution in [-0.2, 0) is 13.8 Å². The topological polar surface area (TPSA) is 46.7 Å². The molecule has 5 heteroatoms. The average molecular weight is 309 g/mol. The summed E-state index contributed by atoms with van der Waals surface area (Å²) in [5.74, 6) is 0. The fourth-order valence-corrected chi connectivity index (χ4v) is 3.16. The lowest BCUT2D eigenvalue weighted by Gasteiger charge is -2.26. The lowest BCUT2D eigenvalue weighted by atomic mass is 9.76. The molecule has 3 aliphatic rings. The zero-order valence-corrected chi connectivity index (χ0v) is 12.4. The van der Waals surface area contributed by atoms with Crippen molar-refractivity contribution in [2.45, 2.75) is 19.1 Å². The van der Waals surface area contributed by atoms with Crippen molar-refractivity contribution in [1.29, 1.82) is 0 Å². The average Bonchev–Trinajstić information content (AvgIpc) is 3.11. The van der Waals surface area contributed by atoms with E-state index in [2.05, 4.69) is 36.4 Å². The number of ether oxygens (including phenoxy) is 1. The number of halogens is 1. The SMILES string of the molecule is C1=CC2OC2C2=C1c1ccccc12.CC=CS(=O)(=O)Cl. The van der Waals surface area contributed by atoms with Crippen molar-refractivity contribution < 1.29 is 13.2 Å². The fraction of sp³-hybridized carbons (Fsp3) is 0.200. The van der Waals surface area contributed by atoms with Crippen LogP contribution < -0.4 is 0 Å². The largest absolute Gasteiger partial charge is 0.360 e. The van der Waals surface area contributed by atoms with Crippen LogP contribution in [0.5, 0.6) is 0 Å². The van der Waals surface area contributed by atoms with Crippen LogP contribution in [-0.4, -0.2) is 20.6 Å². The highest BCUT2D eigenvalue weighted by Gasteiger charge is 2.47. The number of hydrogen-bond acceptors (Lipinski definition) is 3. The van der Waals surface area contributed by atoms with E-state index in [1.54, 1.807) is 6.92 Å². The predicted octanol–water partition coefficient (Wildman–Crippen LogP) is 3.34. The summed E-state index contributed by atoms with van der Waals surface area (Å²) in [6, 6.07) is 8.56.